The van der Waals surface area contributed by atoms with E-state index in [1.165, 1.54) is 14.0 Å². The standard InChI is InChI=1S/C16H14O3/c1-11(18)16-13(12-6-4-3-5-7-12)8-9-15(19-2)14(16)10-17/h3-10H,1-2H3. The van der Waals surface area contributed by atoms with Crippen molar-refractivity contribution in [2.75, 3.05) is 7.11 Å². The number of Topliss-reactive ketones (excluding diaryl/α,β-unsaturated/α-hetero) is 1. The molecule has 2 rings (SSSR count). The maximum absolute atomic E-state index is 11.9. The minimum absolute atomic E-state index is 0.153. The van der Waals surface area contributed by atoms with E-state index in [0.29, 0.717) is 23.2 Å². The lowest BCUT2D eigenvalue weighted by Crippen LogP contribution is -2.04. The largest absolute Gasteiger partial charge is 0.496 e. The number of hydrogen-bond acceptors (Lipinski definition) is 3. The topological polar surface area (TPSA) is 43.4 Å². The van der Waals surface area contributed by atoms with Crippen LogP contribution in [-0.2, 0) is 0 Å². The third kappa shape index (κ3) is 2.40. The number of rotatable bonds is 4. The van der Waals surface area contributed by atoms with Crippen LogP contribution in [-0.4, -0.2) is 19.2 Å². The van der Waals surface area contributed by atoms with Crippen molar-refractivity contribution < 1.29 is 14.3 Å². The number of carbonyl (C=O) groups is 2. The highest BCUT2D eigenvalue weighted by molar-refractivity contribution is 6.08. The van der Waals surface area contributed by atoms with Gasteiger partial charge in [0.1, 0.15) is 5.75 Å². The van der Waals surface area contributed by atoms with Crippen LogP contribution >= 0.6 is 0 Å². The molecule has 0 N–H and O–H groups in total. The smallest absolute Gasteiger partial charge is 0.161 e. The van der Waals surface area contributed by atoms with E-state index in [1.54, 1.807) is 12.1 Å². The van der Waals surface area contributed by atoms with Crippen molar-refractivity contribution in [1.29, 1.82) is 0 Å². The van der Waals surface area contributed by atoms with Crippen LogP contribution in [0.15, 0.2) is 42.5 Å². The molecule has 0 aromatic heterocycles. The van der Waals surface area contributed by atoms with Crippen molar-refractivity contribution in [1.82, 2.24) is 0 Å². The molecule has 0 aliphatic rings. The van der Waals surface area contributed by atoms with Gasteiger partial charge in [-0.05, 0) is 30.2 Å². The summed E-state index contributed by atoms with van der Waals surface area (Å²) < 4.78 is 5.13. The summed E-state index contributed by atoms with van der Waals surface area (Å²) >= 11 is 0. The monoisotopic (exact) mass is 254 g/mol. The first-order valence-electron chi connectivity index (χ1n) is 5.91. The molecule has 0 aliphatic carbocycles. The molecule has 0 spiro atoms. The lowest BCUT2D eigenvalue weighted by molar-refractivity contribution is 0.100. The summed E-state index contributed by atoms with van der Waals surface area (Å²) in [4.78, 5) is 23.1. The molecule has 0 saturated carbocycles. The van der Waals surface area contributed by atoms with Gasteiger partial charge >= 0.3 is 0 Å². The number of aldehydes is 1. The van der Waals surface area contributed by atoms with E-state index in [0.717, 1.165) is 11.1 Å². The average molecular weight is 254 g/mol. The van der Waals surface area contributed by atoms with Crippen molar-refractivity contribution in [3.8, 4) is 16.9 Å². The summed E-state index contributed by atoms with van der Waals surface area (Å²) in [5, 5.41) is 0. The summed E-state index contributed by atoms with van der Waals surface area (Å²) in [6.07, 6.45) is 0.669. The first-order valence-corrected chi connectivity index (χ1v) is 5.91. The van der Waals surface area contributed by atoms with E-state index in [1.807, 2.05) is 30.3 Å². The molecule has 0 aliphatic heterocycles. The molecular weight excluding hydrogens is 240 g/mol. The van der Waals surface area contributed by atoms with Crippen LogP contribution in [0.3, 0.4) is 0 Å². The second-order valence-electron chi connectivity index (χ2n) is 4.14. The molecule has 3 nitrogen and oxygen atoms in total. The number of hydrogen-bond donors (Lipinski definition) is 0. The second kappa shape index (κ2) is 5.48. The predicted octanol–water partition coefficient (Wildman–Crippen LogP) is 3.38. The molecule has 0 fully saturated rings. The molecule has 0 amide bonds. The van der Waals surface area contributed by atoms with Gasteiger partial charge in [-0.25, -0.2) is 0 Å². The Kier molecular flexibility index (Phi) is 3.76. The molecular formula is C16H14O3. The van der Waals surface area contributed by atoms with Crippen molar-refractivity contribution in [2.24, 2.45) is 0 Å². The lowest BCUT2D eigenvalue weighted by Gasteiger charge is -2.13. The highest BCUT2D eigenvalue weighted by Gasteiger charge is 2.17. The van der Waals surface area contributed by atoms with Crippen molar-refractivity contribution in [3.63, 3.8) is 0 Å². The Labute approximate surface area is 111 Å². The Morgan fingerprint density at radius 2 is 1.79 bits per heavy atom. The van der Waals surface area contributed by atoms with Gasteiger partial charge in [0.05, 0.1) is 12.7 Å². The van der Waals surface area contributed by atoms with Gasteiger partial charge in [-0.3, -0.25) is 9.59 Å². The molecule has 0 radical (unpaired) electrons. The van der Waals surface area contributed by atoms with Gasteiger partial charge in [-0.2, -0.15) is 0 Å². The predicted molar refractivity (Wildman–Crippen MR) is 73.8 cm³/mol. The Balaban J connectivity index is 2.75. The van der Waals surface area contributed by atoms with Crippen molar-refractivity contribution >= 4 is 12.1 Å². The molecule has 96 valence electrons. The van der Waals surface area contributed by atoms with E-state index in [9.17, 15) is 9.59 Å². The Hall–Kier alpha value is -2.42. The van der Waals surface area contributed by atoms with Crippen LogP contribution in [0.5, 0.6) is 5.75 Å². The van der Waals surface area contributed by atoms with Gasteiger partial charge in [0.2, 0.25) is 0 Å². The first kappa shape index (κ1) is 13.0. The second-order valence-corrected chi connectivity index (χ2v) is 4.14. The van der Waals surface area contributed by atoms with Crippen molar-refractivity contribution in [2.45, 2.75) is 6.92 Å². The Morgan fingerprint density at radius 1 is 1.11 bits per heavy atom. The summed E-state index contributed by atoms with van der Waals surface area (Å²) in [6.45, 7) is 1.45. The van der Waals surface area contributed by atoms with Crippen LogP contribution in [0.1, 0.15) is 27.6 Å². The Morgan fingerprint density at radius 3 is 2.32 bits per heavy atom. The molecule has 2 aromatic carbocycles. The minimum Gasteiger partial charge on any atom is -0.496 e. The van der Waals surface area contributed by atoms with Gasteiger partial charge in [0.15, 0.2) is 12.1 Å². The summed E-state index contributed by atoms with van der Waals surface area (Å²) in [7, 11) is 1.48. The lowest BCUT2D eigenvalue weighted by atomic mass is 9.93. The molecule has 0 saturated heterocycles. The van der Waals surface area contributed by atoms with E-state index >= 15 is 0 Å². The average Bonchev–Trinajstić information content (AvgIpc) is 2.46. The summed E-state index contributed by atoms with van der Waals surface area (Å²) in [5.41, 5.74) is 2.35. The third-order valence-corrected chi connectivity index (χ3v) is 2.98. The zero-order valence-corrected chi connectivity index (χ0v) is 10.8. The maximum atomic E-state index is 11.9. The third-order valence-electron chi connectivity index (χ3n) is 2.98. The number of benzene rings is 2. The first-order chi connectivity index (χ1) is 9.19. The SMILES string of the molecule is COc1ccc(-c2ccccc2)c(C(C)=O)c1C=O. The van der Waals surface area contributed by atoms with E-state index in [-0.39, 0.29) is 5.78 Å². The van der Waals surface area contributed by atoms with Gasteiger partial charge in [-0.1, -0.05) is 30.3 Å². The number of carbonyl (C=O) groups excluding carboxylic acids is 2. The van der Waals surface area contributed by atoms with Gasteiger partial charge in [0, 0.05) is 5.56 Å². The number of ketones is 1. The van der Waals surface area contributed by atoms with Crippen LogP contribution in [0.2, 0.25) is 0 Å². The maximum Gasteiger partial charge on any atom is 0.161 e. The molecule has 3 heteroatoms. The highest BCUT2D eigenvalue weighted by atomic mass is 16.5. The van der Waals surface area contributed by atoms with Crippen LogP contribution in [0, 0.1) is 0 Å². The fourth-order valence-electron chi connectivity index (χ4n) is 2.13. The molecule has 19 heavy (non-hydrogen) atoms. The molecule has 0 unspecified atom stereocenters. The van der Waals surface area contributed by atoms with E-state index in [4.69, 9.17) is 4.74 Å². The summed E-state index contributed by atoms with van der Waals surface area (Å²) in [5.74, 6) is 0.264. The van der Waals surface area contributed by atoms with Gasteiger partial charge < -0.3 is 4.74 Å². The molecule has 0 atom stereocenters. The normalized spacial score (nSPS) is 10.0. The quantitative estimate of drug-likeness (QED) is 0.620. The van der Waals surface area contributed by atoms with Crippen LogP contribution < -0.4 is 4.74 Å². The number of ether oxygens (including phenoxy) is 1. The molecule has 0 heterocycles. The fraction of sp³-hybridized carbons (Fsp3) is 0.125. The molecule has 0 bridgehead atoms. The van der Waals surface area contributed by atoms with E-state index in [2.05, 4.69) is 0 Å². The van der Waals surface area contributed by atoms with Crippen LogP contribution in [0.25, 0.3) is 11.1 Å². The van der Waals surface area contributed by atoms with Crippen LogP contribution in [0.4, 0.5) is 0 Å². The fourth-order valence-corrected chi connectivity index (χ4v) is 2.13. The van der Waals surface area contributed by atoms with Gasteiger partial charge in [0.25, 0.3) is 0 Å². The van der Waals surface area contributed by atoms with E-state index < -0.39 is 0 Å². The summed E-state index contributed by atoms with van der Waals surface area (Å²) in [6, 6.07) is 13.0. The van der Waals surface area contributed by atoms with Crippen molar-refractivity contribution in [3.05, 3.63) is 53.6 Å². The zero-order valence-electron chi connectivity index (χ0n) is 10.8. The minimum atomic E-state index is -0.153. The zero-order chi connectivity index (χ0) is 13.8. The Bertz CT molecular complexity index is 615. The van der Waals surface area contributed by atoms with Gasteiger partial charge in [-0.15, -0.1) is 0 Å². The molecule has 2 aromatic rings. The highest BCUT2D eigenvalue weighted by Crippen LogP contribution is 2.31. The number of methoxy groups -OCH3 is 1.